The Morgan fingerprint density at radius 3 is 2.76 bits per heavy atom. The number of hydrogen-bond donors (Lipinski definition) is 1. The zero-order valence-electron chi connectivity index (χ0n) is 15.9. The minimum Gasteiger partial charge on any atom is -0.497 e. The molecule has 8 nitrogen and oxygen atoms in total. The molecule has 9 heteroatoms. The number of methoxy groups -OCH3 is 1. The van der Waals surface area contributed by atoms with E-state index >= 15 is 0 Å². The third kappa shape index (κ3) is 3.99. The van der Waals surface area contributed by atoms with E-state index < -0.39 is 0 Å². The van der Waals surface area contributed by atoms with Gasteiger partial charge in [-0.2, -0.15) is 0 Å². The maximum atomic E-state index is 12.7. The van der Waals surface area contributed by atoms with Gasteiger partial charge in [0.15, 0.2) is 11.0 Å². The topological polar surface area (TPSA) is 94.8 Å². The van der Waals surface area contributed by atoms with Gasteiger partial charge in [-0.05, 0) is 53.7 Å². The largest absolute Gasteiger partial charge is 0.497 e. The summed E-state index contributed by atoms with van der Waals surface area (Å²) < 4.78 is 6.85. The van der Waals surface area contributed by atoms with Crippen molar-refractivity contribution in [1.29, 1.82) is 0 Å². The van der Waals surface area contributed by atoms with Crippen molar-refractivity contribution < 1.29 is 9.53 Å². The number of tetrazole rings is 1. The maximum Gasteiger partial charge on any atom is 0.257 e. The number of ether oxygens (including phenoxy) is 1. The Labute approximate surface area is 171 Å². The minimum atomic E-state index is -0.238. The van der Waals surface area contributed by atoms with Gasteiger partial charge in [-0.1, -0.05) is 12.1 Å². The van der Waals surface area contributed by atoms with Crippen LogP contribution < -0.4 is 10.1 Å². The number of rotatable bonds is 6. The Bertz CT molecular complexity index is 1140. The molecular weight excluding hydrogens is 388 g/mol. The number of aryl methyl sites for hydroxylation is 1. The van der Waals surface area contributed by atoms with E-state index in [1.54, 1.807) is 23.9 Å². The fraction of sp³-hybridized carbons (Fsp3) is 0.150. The van der Waals surface area contributed by atoms with Crippen LogP contribution in [-0.2, 0) is 6.54 Å². The molecule has 0 unspecified atom stereocenters. The summed E-state index contributed by atoms with van der Waals surface area (Å²) in [5.74, 6) is 1.17. The van der Waals surface area contributed by atoms with Crippen LogP contribution >= 0.6 is 11.3 Å². The van der Waals surface area contributed by atoms with E-state index in [1.807, 2.05) is 48.7 Å². The fourth-order valence-corrected chi connectivity index (χ4v) is 3.53. The number of carbonyl (C=O) groups excluding carboxylic acids is 1. The number of nitrogens with one attached hydrogen (secondary N) is 1. The van der Waals surface area contributed by atoms with Crippen molar-refractivity contribution in [1.82, 2.24) is 25.2 Å². The van der Waals surface area contributed by atoms with Gasteiger partial charge in [0.25, 0.3) is 5.91 Å². The molecule has 0 aliphatic carbocycles. The molecule has 1 amide bonds. The van der Waals surface area contributed by atoms with Crippen LogP contribution in [-0.4, -0.2) is 38.2 Å². The highest BCUT2D eigenvalue weighted by molar-refractivity contribution is 7.14. The van der Waals surface area contributed by atoms with Gasteiger partial charge in [-0.15, -0.1) is 16.4 Å². The first-order valence-corrected chi connectivity index (χ1v) is 9.84. The van der Waals surface area contributed by atoms with Gasteiger partial charge in [-0.3, -0.25) is 10.1 Å². The number of aromatic nitrogens is 5. The molecule has 2 heterocycles. The molecule has 2 aromatic carbocycles. The molecule has 0 fully saturated rings. The smallest absolute Gasteiger partial charge is 0.257 e. The molecule has 29 heavy (non-hydrogen) atoms. The van der Waals surface area contributed by atoms with Crippen molar-refractivity contribution in [2.75, 3.05) is 12.4 Å². The lowest BCUT2D eigenvalue weighted by atomic mass is 10.1. The van der Waals surface area contributed by atoms with Gasteiger partial charge in [-0.25, -0.2) is 9.67 Å². The molecule has 0 saturated carbocycles. The molecule has 4 rings (SSSR count). The standard InChI is InChI=1S/C20H18N6O2S/c1-3-26-18(23-24-25-26)14-5-4-6-15(11-14)19(27)22-20-21-17(12-29-20)13-7-9-16(28-2)10-8-13/h4-12H,3H2,1-2H3,(H,21,22,27). The predicted molar refractivity (Wildman–Crippen MR) is 111 cm³/mol. The third-order valence-corrected chi connectivity index (χ3v) is 5.08. The average Bonchev–Trinajstić information content (AvgIpc) is 3.43. The molecule has 146 valence electrons. The number of hydrogen-bond acceptors (Lipinski definition) is 7. The lowest BCUT2D eigenvalue weighted by Gasteiger charge is -2.05. The van der Waals surface area contributed by atoms with Gasteiger partial charge < -0.3 is 4.74 Å². The number of thiazole rings is 1. The van der Waals surface area contributed by atoms with E-state index in [9.17, 15) is 4.79 Å². The SMILES string of the molecule is CCn1nnnc1-c1cccc(C(=O)Nc2nc(-c3ccc(OC)cc3)cs2)c1. The van der Waals surface area contributed by atoms with Gasteiger partial charge >= 0.3 is 0 Å². The van der Waals surface area contributed by atoms with Gasteiger partial charge in [0.1, 0.15) is 5.75 Å². The Morgan fingerprint density at radius 2 is 2.00 bits per heavy atom. The lowest BCUT2D eigenvalue weighted by molar-refractivity contribution is 0.102. The Balaban J connectivity index is 1.51. The van der Waals surface area contributed by atoms with Crippen LogP contribution in [0.1, 0.15) is 17.3 Å². The quantitative estimate of drug-likeness (QED) is 0.524. The maximum absolute atomic E-state index is 12.7. The predicted octanol–water partition coefficient (Wildman–Crippen LogP) is 3.74. The second-order valence-electron chi connectivity index (χ2n) is 6.12. The highest BCUT2D eigenvalue weighted by Gasteiger charge is 2.13. The lowest BCUT2D eigenvalue weighted by Crippen LogP contribution is -2.12. The summed E-state index contributed by atoms with van der Waals surface area (Å²) in [5.41, 5.74) is 3.04. The van der Waals surface area contributed by atoms with Crippen molar-refractivity contribution >= 4 is 22.4 Å². The van der Waals surface area contributed by atoms with Crippen molar-refractivity contribution in [2.45, 2.75) is 13.5 Å². The van der Waals surface area contributed by atoms with E-state index in [4.69, 9.17) is 4.74 Å². The van der Waals surface area contributed by atoms with Crippen molar-refractivity contribution in [3.05, 3.63) is 59.5 Å². The summed E-state index contributed by atoms with van der Waals surface area (Å²) in [4.78, 5) is 17.2. The first-order chi connectivity index (χ1) is 14.2. The van der Waals surface area contributed by atoms with Crippen LogP contribution in [0.3, 0.4) is 0 Å². The van der Waals surface area contributed by atoms with E-state index in [0.29, 0.717) is 23.1 Å². The molecule has 0 saturated heterocycles. The number of nitrogens with zero attached hydrogens (tertiary/aromatic N) is 5. The number of amides is 1. The molecule has 0 aliphatic rings. The summed E-state index contributed by atoms with van der Waals surface area (Å²) in [6.07, 6.45) is 0. The van der Waals surface area contributed by atoms with Gasteiger partial charge in [0.05, 0.1) is 12.8 Å². The zero-order chi connectivity index (χ0) is 20.2. The summed E-state index contributed by atoms with van der Waals surface area (Å²) in [5, 5.41) is 17.0. The van der Waals surface area contributed by atoms with E-state index in [1.165, 1.54) is 11.3 Å². The highest BCUT2D eigenvalue weighted by atomic mass is 32.1. The molecule has 0 radical (unpaired) electrons. The van der Waals surface area contributed by atoms with Crippen LogP contribution in [0.2, 0.25) is 0 Å². The Hall–Kier alpha value is -3.59. The van der Waals surface area contributed by atoms with E-state index in [2.05, 4.69) is 25.8 Å². The molecule has 1 N–H and O–H groups in total. The van der Waals surface area contributed by atoms with Crippen molar-refractivity contribution in [2.24, 2.45) is 0 Å². The van der Waals surface area contributed by atoms with Crippen molar-refractivity contribution in [3.63, 3.8) is 0 Å². The average molecular weight is 406 g/mol. The molecule has 4 aromatic rings. The first-order valence-electron chi connectivity index (χ1n) is 8.96. The normalized spacial score (nSPS) is 10.7. The third-order valence-electron chi connectivity index (χ3n) is 4.32. The van der Waals surface area contributed by atoms with Crippen LogP contribution in [0.5, 0.6) is 5.75 Å². The molecule has 0 spiro atoms. The van der Waals surface area contributed by atoms with Gasteiger partial charge in [0, 0.05) is 28.6 Å². The van der Waals surface area contributed by atoms with E-state index in [0.717, 1.165) is 22.6 Å². The molecule has 0 bridgehead atoms. The number of anilines is 1. The fourth-order valence-electron chi connectivity index (χ4n) is 2.82. The number of benzene rings is 2. The molecule has 0 aliphatic heterocycles. The summed E-state index contributed by atoms with van der Waals surface area (Å²) in [6.45, 7) is 2.60. The molecular formula is C20H18N6O2S. The first kappa shape index (κ1) is 18.8. The Morgan fingerprint density at radius 1 is 1.17 bits per heavy atom. The summed E-state index contributed by atoms with van der Waals surface area (Å²) in [7, 11) is 1.63. The zero-order valence-corrected chi connectivity index (χ0v) is 16.7. The van der Waals surface area contributed by atoms with E-state index in [-0.39, 0.29) is 5.91 Å². The second-order valence-corrected chi connectivity index (χ2v) is 6.98. The van der Waals surface area contributed by atoms with Crippen molar-refractivity contribution in [3.8, 4) is 28.4 Å². The molecule has 0 atom stereocenters. The van der Waals surface area contributed by atoms with Gasteiger partial charge in [0.2, 0.25) is 0 Å². The monoisotopic (exact) mass is 406 g/mol. The summed E-state index contributed by atoms with van der Waals surface area (Å²) in [6, 6.07) is 14.8. The van der Waals surface area contributed by atoms with Crippen LogP contribution in [0.15, 0.2) is 53.9 Å². The number of carbonyl (C=O) groups is 1. The van der Waals surface area contributed by atoms with Crippen LogP contribution in [0.25, 0.3) is 22.6 Å². The highest BCUT2D eigenvalue weighted by Crippen LogP contribution is 2.27. The van der Waals surface area contributed by atoms with Crippen LogP contribution in [0.4, 0.5) is 5.13 Å². The Kier molecular flexibility index (Phi) is 5.30. The second kappa shape index (κ2) is 8.19. The summed E-state index contributed by atoms with van der Waals surface area (Å²) >= 11 is 1.37. The molecule has 2 aromatic heterocycles. The minimum absolute atomic E-state index is 0.238. The van der Waals surface area contributed by atoms with Crippen LogP contribution in [0, 0.1) is 0 Å².